The van der Waals surface area contributed by atoms with E-state index in [1.54, 1.807) is 49.0 Å². The summed E-state index contributed by atoms with van der Waals surface area (Å²) in [6.07, 6.45) is 0. The second-order valence-electron chi connectivity index (χ2n) is 6.07. The van der Waals surface area contributed by atoms with Crippen LogP contribution in [-0.4, -0.2) is 20.1 Å². The average molecular weight is 436 g/mol. The summed E-state index contributed by atoms with van der Waals surface area (Å²) in [7, 11) is 3.31. The van der Waals surface area contributed by atoms with Gasteiger partial charge in [-0.15, -0.1) is 23.1 Å². The highest BCUT2D eigenvalue weighted by atomic mass is 35.5. The van der Waals surface area contributed by atoms with Crippen LogP contribution in [0.4, 0.5) is 5.69 Å². The molecule has 0 bridgehead atoms. The molecule has 1 amide bonds. The number of nitrogens with zero attached hydrogens (tertiary/aromatic N) is 1. The third kappa shape index (κ3) is 3.45. The van der Waals surface area contributed by atoms with Crippen molar-refractivity contribution < 1.29 is 9.53 Å². The fraction of sp³-hybridized carbons (Fsp3) is 0.150. The first-order valence-corrected chi connectivity index (χ1v) is 10.7. The summed E-state index contributed by atoms with van der Waals surface area (Å²) in [6, 6.07) is 13.1. The number of rotatable bonds is 3. The number of ether oxygens (including phenoxy) is 1. The van der Waals surface area contributed by atoms with Crippen LogP contribution in [0.2, 0.25) is 10.0 Å². The van der Waals surface area contributed by atoms with Gasteiger partial charge in [-0.25, -0.2) is 0 Å². The van der Waals surface area contributed by atoms with Gasteiger partial charge in [-0.2, -0.15) is 0 Å². The van der Waals surface area contributed by atoms with Gasteiger partial charge in [0.25, 0.3) is 5.91 Å². The van der Waals surface area contributed by atoms with E-state index >= 15 is 0 Å². The molecule has 0 N–H and O–H groups in total. The number of fused-ring (bicyclic) bond motifs is 3. The van der Waals surface area contributed by atoms with Crippen molar-refractivity contribution in [2.75, 3.05) is 19.1 Å². The molecular formula is C20H15Cl2NO2S2. The molecule has 2 heterocycles. The van der Waals surface area contributed by atoms with Gasteiger partial charge in [0, 0.05) is 38.2 Å². The lowest BCUT2D eigenvalue weighted by Gasteiger charge is -2.19. The monoisotopic (exact) mass is 435 g/mol. The second-order valence-corrected chi connectivity index (χ2v) is 9.02. The molecule has 4 rings (SSSR count). The van der Waals surface area contributed by atoms with Crippen LogP contribution in [0.3, 0.4) is 0 Å². The molecule has 1 aliphatic heterocycles. The summed E-state index contributed by atoms with van der Waals surface area (Å²) < 4.78 is 5.38. The minimum atomic E-state index is -0.0875. The molecule has 0 saturated heterocycles. The summed E-state index contributed by atoms with van der Waals surface area (Å²) in [6.45, 7) is 0. The molecule has 1 aliphatic rings. The van der Waals surface area contributed by atoms with E-state index in [9.17, 15) is 4.79 Å². The summed E-state index contributed by atoms with van der Waals surface area (Å²) in [5, 5.41) is 1.28. The van der Waals surface area contributed by atoms with E-state index in [-0.39, 0.29) is 5.91 Å². The average Bonchev–Trinajstić information content (AvgIpc) is 3.11. The van der Waals surface area contributed by atoms with Gasteiger partial charge >= 0.3 is 0 Å². The Morgan fingerprint density at radius 3 is 2.63 bits per heavy atom. The number of hydrogen-bond acceptors (Lipinski definition) is 4. The molecule has 3 nitrogen and oxygen atoms in total. The van der Waals surface area contributed by atoms with E-state index < -0.39 is 0 Å². The highest BCUT2D eigenvalue weighted by Crippen LogP contribution is 2.46. The first-order valence-electron chi connectivity index (χ1n) is 8.15. The van der Waals surface area contributed by atoms with Gasteiger partial charge in [0.2, 0.25) is 0 Å². The lowest BCUT2D eigenvalue weighted by Crippen LogP contribution is -2.25. The van der Waals surface area contributed by atoms with Crippen LogP contribution in [0.15, 0.2) is 47.4 Å². The number of halogens is 2. The standard InChI is InChI=1S/C20H15Cl2NO2S2/c1-23(15-8-12(21)4-6-16(15)25-2)20(24)18-7-11-10-26-17-9-13(22)3-5-14(17)19(11)27-18/h3-9H,10H2,1-2H3. The van der Waals surface area contributed by atoms with Crippen LogP contribution in [-0.2, 0) is 5.75 Å². The molecule has 2 aromatic carbocycles. The molecule has 27 heavy (non-hydrogen) atoms. The summed E-state index contributed by atoms with van der Waals surface area (Å²) >= 11 is 15.5. The Balaban J connectivity index is 1.71. The summed E-state index contributed by atoms with van der Waals surface area (Å²) in [4.78, 5) is 17.7. The van der Waals surface area contributed by atoms with E-state index in [0.29, 0.717) is 21.3 Å². The Bertz CT molecular complexity index is 1050. The quantitative estimate of drug-likeness (QED) is 0.463. The van der Waals surface area contributed by atoms with Crippen molar-refractivity contribution in [3.05, 3.63) is 63.0 Å². The zero-order valence-electron chi connectivity index (χ0n) is 14.6. The molecule has 0 radical (unpaired) electrons. The number of carbonyl (C=O) groups is 1. The maximum absolute atomic E-state index is 13.1. The fourth-order valence-corrected chi connectivity index (χ4v) is 5.86. The van der Waals surface area contributed by atoms with Crippen molar-refractivity contribution in [1.29, 1.82) is 0 Å². The first-order chi connectivity index (χ1) is 13.0. The van der Waals surface area contributed by atoms with E-state index in [0.717, 1.165) is 26.1 Å². The molecule has 0 aliphatic carbocycles. The maximum Gasteiger partial charge on any atom is 0.268 e. The van der Waals surface area contributed by atoms with E-state index in [1.165, 1.54) is 16.9 Å². The van der Waals surface area contributed by atoms with Crippen molar-refractivity contribution in [2.24, 2.45) is 0 Å². The van der Waals surface area contributed by atoms with Gasteiger partial charge in [0.05, 0.1) is 17.7 Å². The SMILES string of the molecule is COc1ccc(Cl)cc1N(C)C(=O)c1cc2c(s1)-c1ccc(Cl)cc1SC2. The summed E-state index contributed by atoms with van der Waals surface area (Å²) in [5.74, 6) is 1.35. The molecule has 0 atom stereocenters. The third-order valence-electron chi connectivity index (χ3n) is 4.40. The number of benzene rings is 2. The first kappa shape index (κ1) is 18.7. The van der Waals surface area contributed by atoms with Crippen molar-refractivity contribution in [3.8, 4) is 16.2 Å². The number of hydrogen-bond donors (Lipinski definition) is 0. The minimum absolute atomic E-state index is 0.0875. The number of carbonyl (C=O) groups excluding carboxylic acids is 1. The number of thioether (sulfide) groups is 1. The Labute approximate surface area is 175 Å². The lowest BCUT2D eigenvalue weighted by molar-refractivity contribution is 0.0996. The Kier molecular flexibility index (Phi) is 5.12. The van der Waals surface area contributed by atoms with Gasteiger partial charge < -0.3 is 9.64 Å². The van der Waals surface area contributed by atoms with E-state index in [2.05, 4.69) is 0 Å². The minimum Gasteiger partial charge on any atom is -0.495 e. The third-order valence-corrected chi connectivity index (χ3v) is 7.17. The van der Waals surface area contributed by atoms with Gasteiger partial charge in [0.15, 0.2) is 0 Å². The summed E-state index contributed by atoms with van der Waals surface area (Å²) in [5.41, 5.74) is 2.95. The molecule has 1 aromatic heterocycles. The van der Waals surface area contributed by atoms with Crippen LogP contribution in [0.5, 0.6) is 5.75 Å². The lowest BCUT2D eigenvalue weighted by atomic mass is 10.1. The van der Waals surface area contributed by atoms with Crippen LogP contribution in [0.1, 0.15) is 15.2 Å². The van der Waals surface area contributed by atoms with Crippen LogP contribution in [0.25, 0.3) is 10.4 Å². The van der Waals surface area contributed by atoms with Crippen molar-refractivity contribution in [2.45, 2.75) is 10.6 Å². The molecule has 0 saturated carbocycles. The van der Waals surface area contributed by atoms with Crippen LogP contribution >= 0.6 is 46.3 Å². The molecule has 3 aromatic rings. The predicted molar refractivity (Wildman–Crippen MR) is 115 cm³/mol. The molecule has 0 fully saturated rings. The number of amides is 1. The Morgan fingerprint density at radius 1 is 1.11 bits per heavy atom. The zero-order chi connectivity index (χ0) is 19.1. The van der Waals surface area contributed by atoms with Gasteiger partial charge in [-0.3, -0.25) is 4.79 Å². The van der Waals surface area contributed by atoms with Crippen molar-refractivity contribution in [3.63, 3.8) is 0 Å². The zero-order valence-corrected chi connectivity index (χ0v) is 17.7. The Hall–Kier alpha value is -1.66. The molecule has 7 heteroatoms. The number of methoxy groups -OCH3 is 1. The molecule has 138 valence electrons. The van der Waals surface area contributed by atoms with Gasteiger partial charge in [-0.05, 0) is 42.0 Å². The highest BCUT2D eigenvalue weighted by molar-refractivity contribution is 7.98. The molecular weight excluding hydrogens is 421 g/mol. The van der Waals surface area contributed by atoms with Gasteiger partial charge in [-0.1, -0.05) is 29.3 Å². The number of anilines is 1. The smallest absolute Gasteiger partial charge is 0.268 e. The normalized spacial score (nSPS) is 12.3. The van der Waals surface area contributed by atoms with Gasteiger partial charge in [0.1, 0.15) is 5.75 Å². The van der Waals surface area contributed by atoms with Crippen molar-refractivity contribution in [1.82, 2.24) is 0 Å². The Morgan fingerprint density at radius 2 is 1.85 bits per heavy atom. The molecule has 0 unspecified atom stereocenters. The van der Waals surface area contributed by atoms with Crippen LogP contribution < -0.4 is 9.64 Å². The van der Waals surface area contributed by atoms with Crippen molar-refractivity contribution >= 4 is 57.9 Å². The number of thiophene rings is 1. The second kappa shape index (κ2) is 7.40. The largest absolute Gasteiger partial charge is 0.495 e. The fourth-order valence-electron chi connectivity index (χ4n) is 3.03. The topological polar surface area (TPSA) is 29.5 Å². The molecule has 0 spiro atoms. The van der Waals surface area contributed by atoms with Crippen LogP contribution in [0, 0.1) is 0 Å². The predicted octanol–water partition coefficient (Wildman–Crippen LogP) is 6.61. The van der Waals surface area contributed by atoms with E-state index in [4.69, 9.17) is 27.9 Å². The maximum atomic E-state index is 13.1. The van der Waals surface area contributed by atoms with E-state index in [1.807, 2.05) is 24.3 Å². The highest BCUT2D eigenvalue weighted by Gasteiger charge is 2.25.